The molecule has 0 spiro atoms. The molecule has 0 atom stereocenters. The van der Waals surface area contributed by atoms with Crippen LogP contribution < -0.4 is 0 Å². The minimum Gasteiger partial charge on any atom is -0.480 e. The fraction of sp³-hybridized carbons (Fsp3) is 0.238. The number of sulfonamides is 1. The van der Waals surface area contributed by atoms with Crippen LogP contribution >= 0.6 is 0 Å². The van der Waals surface area contributed by atoms with Gasteiger partial charge in [-0.15, -0.1) is 0 Å². The zero-order valence-corrected chi connectivity index (χ0v) is 17.4. The van der Waals surface area contributed by atoms with E-state index in [1.807, 2.05) is 19.9 Å². The molecule has 0 unspecified atom stereocenters. The Balaban J connectivity index is 1.99. The van der Waals surface area contributed by atoms with Gasteiger partial charge < -0.3 is 14.8 Å². The lowest BCUT2D eigenvalue weighted by molar-refractivity contribution is -0.137. The Morgan fingerprint density at radius 3 is 2.30 bits per heavy atom. The highest BCUT2D eigenvalue weighted by atomic mass is 32.2. The maximum absolute atomic E-state index is 13.0. The first-order chi connectivity index (χ1) is 14.1. The van der Waals surface area contributed by atoms with Crippen molar-refractivity contribution in [3.63, 3.8) is 0 Å². The summed E-state index contributed by atoms with van der Waals surface area (Å²) in [5.41, 5.74) is 2.43. The molecule has 0 aliphatic carbocycles. The zero-order valence-electron chi connectivity index (χ0n) is 16.6. The number of carbonyl (C=O) groups is 2. The maximum atomic E-state index is 13.0. The van der Waals surface area contributed by atoms with E-state index in [2.05, 4.69) is 0 Å². The number of hydrogen-bond donors (Lipinski definition) is 2. The van der Waals surface area contributed by atoms with Crippen LogP contribution in [0.2, 0.25) is 0 Å². The zero-order chi connectivity index (χ0) is 22.1. The molecule has 2 aromatic carbocycles. The fourth-order valence-corrected chi connectivity index (χ4v) is 4.74. The van der Waals surface area contributed by atoms with Crippen LogP contribution in [0.15, 0.2) is 53.4 Å². The van der Waals surface area contributed by atoms with Crippen molar-refractivity contribution in [3.05, 3.63) is 65.4 Å². The number of benzene rings is 2. The molecule has 0 aliphatic heterocycles. The van der Waals surface area contributed by atoms with Crippen molar-refractivity contribution >= 4 is 32.9 Å². The third-order valence-corrected chi connectivity index (χ3v) is 6.79. The summed E-state index contributed by atoms with van der Waals surface area (Å²) >= 11 is 0. The lowest BCUT2D eigenvalue weighted by Gasteiger charge is -2.21. The minimum atomic E-state index is -4.07. The number of nitrogens with zero attached hydrogens (tertiary/aromatic N) is 2. The van der Waals surface area contributed by atoms with Crippen molar-refractivity contribution in [2.75, 3.05) is 13.1 Å². The van der Waals surface area contributed by atoms with Gasteiger partial charge >= 0.3 is 11.9 Å². The van der Waals surface area contributed by atoms with E-state index in [0.29, 0.717) is 5.52 Å². The molecule has 8 nitrogen and oxygen atoms in total. The molecule has 158 valence electrons. The highest BCUT2D eigenvalue weighted by molar-refractivity contribution is 7.89. The lowest BCUT2D eigenvalue weighted by Crippen LogP contribution is -2.38. The van der Waals surface area contributed by atoms with Crippen molar-refractivity contribution in [2.45, 2.75) is 25.3 Å². The second kappa shape index (κ2) is 8.29. The van der Waals surface area contributed by atoms with E-state index in [-0.39, 0.29) is 23.7 Å². The van der Waals surface area contributed by atoms with Gasteiger partial charge in [-0.05, 0) is 43.7 Å². The van der Waals surface area contributed by atoms with Gasteiger partial charge in [-0.2, -0.15) is 4.31 Å². The van der Waals surface area contributed by atoms with Crippen LogP contribution in [0, 0.1) is 13.8 Å². The second-order valence-electron chi connectivity index (χ2n) is 7.04. The predicted octanol–water partition coefficient (Wildman–Crippen LogP) is 2.73. The monoisotopic (exact) mass is 430 g/mol. The number of hydrogen-bond acceptors (Lipinski definition) is 4. The van der Waals surface area contributed by atoms with Crippen molar-refractivity contribution in [1.29, 1.82) is 0 Å². The smallest absolute Gasteiger partial charge is 0.352 e. The van der Waals surface area contributed by atoms with Crippen molar-refractivity contribution < 1.29 is 28.2 Å². The molecule has 9 heteroatoms. The molecular formula is C21H22N2O6S. The maximum Gasteiger partial charge on any atom is 0.352 e. The molecule has 1 heterocycles. The Bertz CT molecular complexity index is 1210. The van der Waals surface area contributed by atoms with Crippen LogP contribution in [0.4, 0.5) is 0 Å². The van der Waals surface area contributed by atoms with Gasteiger partial charge in [0.2, 0.25) is 10.0 Å². The molecule has 0 saturated heterocycles. The molecular weight excluding hydrogens is 408 g/mol. The third-order valence-electron chi connectivity index (χ3n) is 4.93. The third kappa shape index (κ3) is 4.22. The molecule has 3 aromatic rings. The van der Waals surface area contributed by atoms with Crippen LogP contribution in [0.5, 0.6) is 0 Å². The molecule has 0 saturated carbocycles. The standard InChI is InChI=1S/C21H22N2O6S/c1-14-6-8-16(9-7-14)30(28,29)22(13-20(24)25)10-11-23-18-5-3-4-15(2)17(18)12-19(23)21(26)27/h3-9,12H,10-11,13H2,1-2H3,(H,24,25)(H,26,27). The summed E-state index contributed by atoms with van der Waals surface area (Å²) in [5.74, 6) is -2.44. The van der Waals surface area contributed by atoms with Gasteiger partial charge in [-0.3, -0.25) is 4.79 Å². The Morgan fingerprint density at radius 1 is 1.03 bits per heavy atom. The quantitative estimate of drug-likeness (QED) is 0.568. The number of aromatic carboxylic acids is 1. The first-order valence-corrected chi connectivity index (χ1v) is 10.7. The fourth-order valence-electron chi connectivity index (χ4n) is 3.36. The summed E-state index contributed by atoms with van der Waals surface area (Å²) in [6, 6.07) is 13.1. The van der Waals surface area contributed by atoms with Crippen LogP contribution in [0.3, 0.4) is 0 Å². The number of aryl methyl sites for hydroxylation is 2. The lowest BCUT2D eigenvalue weighted by atomic mass is 10.1. The van der Waals surface area contributed by atoms with Crippen LogP contribution in [0.1, 0.15) is 21.6 Å². The number of aromatic nitrogens is 1. The molecule has 0 fully saturated rings. The predicted molar refractivity (Wildman–Crippen MR) is 111 cm³/mol. The van der Waals surface area contributed by atoms with Gasteiger partial charge in [0.15, 0.2) is 0 Å². The van der Waals surface area contributed by atoms with Crippen LogP contribution in [-0.4, -0.2) is 52.5 Å². The van der Waals surface area contributed by atoms with Gasteiger partial charge in [0.1, 0.15) is 12.2 Å². The summed E-state index contributed by atoms with van der Waals surface area (Å²) in [7, 11) is -4.07. The van der Waals surface area contributed by atoms with Crippen molar-refractivity contribution in [3.8, 4) is 0 Å². The summed E-state index contributed by atoms with van der Waals surface area (Å²) in [5, 5.41) is 19.6. The van der Waals surface area contributed by atoms with E-state index in [9.17, 15) is 28.2 Å². The molecule has 3 rings (SSSR count). The Kier molecular flexibility index (Phi) is 5.95. The van der Waals surface area contributed by atoms with E-state index in [4.69, 9.17) is 0 Å². The average Bonchev–Trinajstić information content (AvgIpc) is 3.05. The largest absolute Gasteiger partial charge is 0.480 e. The summed E-state index contributed by atoms with van der Waals surface area (Å²) in [4.78, 5) is 23.0. The summed E-state index contributed by atoms with van der Waals surface area (Å²) < 4.78 is 28.4. The Labute approximate surface area is 174 Å². The van der Waals surface area contributed by atoms with Gasteiger partial charge in [0.25, 0.3) is 0 Å². The number of carboxylic acid groups (broad SMARTS) is 2. The molecule has 0 radical (unpaired) electrons. The molecule has 30 heavy (non-hydrogen) atoms. The molecule has 0 aliphatic rings. The van der Waals surface area contributed by atoms with E-state index >= 15 is 0 Å². The Morgan fingerprint density at radius 2 is 1.70 bits per heavy atom. The van der Waals surface area contributed by atoms with E-state index in [1.54, 1.807) is 30.3 Å². The molecule has 0 bridgehead atoms. The average molecular weight is 430 g/mol. The number of rotatable bonds is 8. The van der Waals surface area contributed by atoms with E-state index in [1.165, 1.54) is 16.7 Å². The topological polar surface area (TPSA) is 117 Å². The Hall–Kier alpha value is -3.17. The summed E-state index contributed by atoms with van der Waals surface area (Å²) in [6.07, 6.45) is 0. The first-order valence-electron chi connectivity index (χ1n) is 9.22. The molecule has 2 N–H and O–H groups in total. The van der Waals surface area contributed by atoms with E-state index in [0.717, 1.165) is 20.8 Å². The highest BCUT2D eigenvalue weighted by Gasteiger charge is 2.27. The SMILES string of the molecule is Cc1ccc(S(=O)(=O)N(CCn2c(C(=O)O)cc3c(C)cccc32)CC(=O)O)cc1. The van der Waals surface area contributed by atoms with Gasteiger partial charge in [-0.1, -0.05) is 29.8 Å². The second-order valence-corrected chi connectivity index (χ2v) is 8.98. The summed E-state index contributed by atoms with van der Waals surface area (Å²) in [6.45, 7) is 2.75. The number of carboxylic acids is 2. The van der Waals surface area contributed by atoms with Gasteiger partial charge in [0, 0.05) is 24.0 Å². The molecule has 1 aromatic heterocycles. The van der Waals surface area contributed by atoms with Crippen LogP contribution in [-0.2, 0) is 21.4 Å². The van der Waals surface area contributed by atoms with Gasteiger partial charge in [0.05, 0.1) is 4.90 Å². The first kappa shape index (κ1) is 21.5. The van der Waals surface area contributed by atoms with Crippen molar-refractivity contribution in [1.82, 2.24) is 8.87 Å². The number of aliphatic carboxylic acids is 1. The highest BCUT2D eigenvalue weighted by Crippen LogP contribution is 2.24. The minimum absolute atomic E-state index is 0.00699. The van der Waals surface area contributed by atoms with E-state index < -0.39 is 28.5 Å². The number of fused-ring (bicyclic) bond motifs is 1. The van der Waals surface area contributed by atoms with Gasteiger partial charge in [-0.25, -0.2) is 13.2 Å². The normalized spacial score (nSPS) is 11.8. The van der Waals surface area contributed by atoms with Crippen LogP contribution in [0.25, 0.3) is 10.9 Å². The van der Waals surface area contributed by atoms with Crippen molar-refractivity contribution in [2.24, 2.45) is 0 Å². The molecule has 0 amide bonds.